The first-order chi connectivity index (χ1) is 20.6. The van der Waals surface area contributed by atoms with Crippen molar-refractivity contribution < 1.29 is 23.4 Å². The van der Waals surface area contributed by atoms with Crippen molar-refractivity contribution in [2.75, 3.05) is 13.1 Å². The number of nitriles is 2. The lowest BCUT2D eigenvalue weighted by Crippen LogP contribution is -2.34. The SMILES string of the molecule is CC(C)(C#N)Cn1c(CN2CCC(c3cccc(OCc4ccc(C#N)cc4F)n3)CC2)nc2c(F)cc(C(=O)O)cc21. The van der Waals surface area contributed by atoms with E-state index in [-0.39, 0.29) is 35.7 Å². The molecule has 11 heteroatoms. The average molecular weight is 585 g/mol. The summed E-state index contributed by atoms with van der Waals surface area (Å²) in [5.74, 6) is -1.31. The molecule has 5 rings (SSSR count). The Morgan fingerprint density at radius 2 is 1.86 bits per heavy atom. The predicted molar refractivity (Wildman–Crippen MR) is 153 cm³/mol. The van der Waals surface area contributed by atoms with E-state index in [1.165, 1.54) is 18.2 Å². The number of hydrogen-bond donors (Lipinski definition) is 1. The highest BCUT2D eigenvalue weighted by molar-refractivity contribution is 5.92. The highest BCUT2D eigenvalue weighted by Crippen LogP contribution is 2.31. The average Bonchev–Trinajstić information content (AvgIpc) is 3.33. The number of aromatic carboxylic acids is 1. The molecule has 3 heterocycles. The normalized spacial score (nSPS) is 14.4. The fraction of sp³-hybridized carbons (Fsp3) is 0.344. The lowest BCUT2D eigenvalue weighted by molar-refractivity contribution is 0.0696. The summed E-state index contributed by atoms with van der Waals surface area (Å²) in [6.07, 6.45) is 1.62. The first-order valence-corrected chi connectivity index (χ1v) is 13.9. The van der Waals surface area contributed by atoms with Gasteiger partial charge in [-0.1, -0.05) is 12.1 Å². The molecule has 1 fully saturated rings. The first kappa shape index (κ1) is 29.6. The Hall–Kier alpha value is -4.87. The van der Waals surface area contributed by atoms with Crippen molar-refractivity contribution in [2.24, 2.45) is 5.41 Å². The molecule has 1 saturated heterocycles. The van der Waals surface area contributed by atoms with Gasteiger partial charge in [0.2, 0.25) is 5.88 Å². The maximum atomic E-state index is 14.9. The van der Waals surface area contributed by atoms with Crippen molar-refractivity contribution in [3.05, 3.63) is 88.4 Å². The molecule has 2 aromatic carbocycles. The molecule has 0 unspecified atom stereocenters. The van der Waals surface area contributed by atoms with E-state index in [1.54, 1.807) is 30.5 Å². The molecule has 2 aromatic heterocycles. The Morgan fingerprint density at radius 3 is 2.53 bits per heavy atom. The zero-order valence-electron chi connectivity index (χ0n) is 23.8. The van der Waals surface area contributed by atoms with E-state index in [2.05, 4.69) is 20.9 Å². The van der Waals surface area contributed by atoms with E-state index in [0.717, 1.165) is 37.7 Å². The summed E-state index contributed by atoms with van der Waals surface area (Å²) in [6, 6.07) is 16.3. The standard InChI is InChI=1S/C32H30F2N6O3/c1-32(2,18-36)19-40-27-14-23(31(41)42)13-25(34)30(27)38-28(40)16-39-10-8-21(9-11-39)26-4-3-5-29(37-26)43-17-22-7-6-20(15-35)12-24(22)33/h3-7,12-14,21H,8-11,16-17,19H2,1-2H3,(H,41,42). The summed E-state index contributed by atoms with van der Waals surface area (Å²) in [7, 11) is 0. The zero-order valence-corrected chi connectivity index (χ0v) is 23.8. The van der Waals surface area contributed by atoms with E-state index in [1.807, 2.05) is 18.2 Å². The minimum atomic E-state index is -1.23. The number of aromatic nitrogens is 3. The van der Waals surface area contributed by atoms with Crippen molar-refractivity contribution >= 4 is 17.0 Å². The molecule has 0 aliphatic carbocycles. The van der Waals surface area contributed by atoms with Crippen LogP contribution in [0.3, 0.4) is 0 Å². The predicted octanol–water partition coefficient (Wildman–Crippen LogP) is 5.79. The number of nitrogens with zero attached hydrogens (tertiary/aromatic N) is 6. The number of fused-ring (bicyclic) bond motifs is 1. The van der Waals surface area contributed by atoms with Gasteiger partial charge in [-0.15, -0.1) is 0 Å². The summed E-state index contributed by atoms with van der Waals surface area (Å²) in [5, 5.41) is 28.0. The molecule has 9 nitrogen and oxygen atoms in total. The maximum Gasteiger partial charge on any atom is 0.335 e. The van der Waals surface area contributed by atoms with Crippen LogP contribution in [0, 0.1) is 39.7 Å². The summed E-state index contributed by atoms with van der Waals surface area (Å²) >= 11 is 0. The number of hydrogen-bond acceptors (Lipinski definition) is 7. The molecule has 0 spiro atoms. The van der Waals surface area contributed by atoms with Crippen molar-refractivity contribution in [1.29, 1.82) is 10.5 Å². The summed E-state index contributed by atoms with van der Waals surface area (Å²) in [6.45, 7) is 5.64. The maximum absolute atomic E-state index is 14.9. The number of carboxylic acid groups (broad SMARTS) is 1. The van der Waals surface area contributed by atoms with Crippen LogP contribution < -0.4 is 4.74 Å². The molecule has 1 N–H and O–H groups in total. The Labute approximate surface area is 247 Å². The fourth-order valence-electron chi connectivity index (χ4n) is 5.29. The molecule has 0 amide bonds. The number of imidazole rings is 1. The Morgan fingerprint density at radius 1 is 1.09 bits per heavy atom. The first-order valence-electron chi connectivity index (χ1n) is 13.9. The number of carbonyl (C=O) groups is 1. The van der Waals surface area contributed by atoms with Gasteiger partial charge >= 0.3 is 5.97 Å². The van der Waals surface area contributed by atoms with E-state index >= 15 is 0 Å². The van der Waals surface area contributed by atoms with E-state index in [4.69, 9.17) is 10.00 Å². The van der Waals surface area contributed by atoms with Gasteiger partial charge < -0.3 is 14.4 Å². The molecule has 0 bridgehead atoms. The lowest BCUT2D eigenvalue weighted by atomic mass is 9.93. The fourth-order valence-corrected chi connectivity index (χ4v) is 5.29. The van der Waals surface area contributed by atoms with Gasteiger partial charge in [-0.2, -0.15) is 10.5 Å². The molecule has 1 aliphatic rings. The number of rotatable bonds is 9. The van der Waals surface area contributed by atoms with Gasteiger partial charge in [0, 0.05) is 29.8 Å². The van der Waals surface area contributed by atoms with Crippen LogP contribution in [-0.4, -0.2) is 43.6 Å². The second-order valence-corrected chi connectivity index (χ2v) is 11.4. The molecule has 0 radical (unpaired) electrons. The van der Waals surface area contributed by atoms with Crippen LogP contribution in [0.2, 0.25) is 0 Å². The molecule has 43 heavy (non-hydrogen) atoms. The Balaban J connectivity index is 1.28. The molecule has 0 atom stereocenters. The zero-order chi connectivity index (χ0) is 30.7. The largest absolute Gasteiger partial charge is 0.478 e. The highest BCUT2D eigenvalue weighted by Gasteiger charge is 2.27. The van der Waals surface area contributed by atoms with Crippen LogP contribution in [0.25, 0.3) is 11.0 Å². The van der Waals surface area contributed by atoms with Gasteiger partial charge in [0.05, 0.1) is 40.7 Å². The molecule has 0 saturated carbocycles. The van der Waals surface area contributed by atoms with Crippen LogP contribution in [-0.2, 0) is 19.7 Å². The third-order valence-corrected chi connectivity index (χ3v) is 7.66. The van der Waals surface area contributed by atoms with Crippen LogP contribution in [0.5, 0.6) is 5.88 Å². The third-order valence-electron chi connectivity index (χ3n) is 7.66. The van der Waals surface area contributed by atoms with Crippen LogP contribution in [0.4, 0.5) is 8.78 Å². The molecular formula is C32H30F2N6O3. The van der Waals surface area contributed by atoms with Crippen LogP contribution in [0.15, 0.2) is 48.5 Å². The van der Waals surface area contributed by atoms with Gasteiger partial charge in [0.1, 0.15) is 23.8 Å². The van der Waals surface area contributed by atoms with Gasteiger partial charge in [-0.05, 0) is 70.1 Å². The van der Waals surface area contributed by atoms with E-state index in [9.17, 15) is 23.9 Å². The number of ether oxygens (including phenoxy) is 1. The van der Waals surface area contributed by atoms with Crippen LogP contribution >= 0.6 is 0 Å². The quantitative estimate of drug-likeness (QED) is 0.262. The van der Waals surface area contributed by atoms with Gasteiger partial charge in [-0.3, -0.25) is 4.90 Å². The number of halogens is 2. The van der Waals surface area contributed by atoms with Gasteiger partial charge in [0.25, 0.3) is 0 Å². The lowest BCUT2D eigenvalue weighted by Gasteiger charge is -2.32. The molecule has 4 aromatic rings. The summed E-state index contributed by atoms with van der Waals surface area (Å²) < 4.78 is 36.7. The minimum Gasteiger partial charge on any atom is -0.478 e. The smallest absolute Gasteiger partial charge is 0.335 e. The summed E-state index contributed by atoms with van der Waals surface area (Å²) in [5.41, 5.74) is 0.949. The molecular weight excluding hydrogens is 554 g/mol. The number of pyridine rings is 1. The van der Waals surface area contributed by atoms with E-state index < -0.39 is 23.0 Å². The Kier molecular flexibility index (Phi) is 8.38. The van der Waals surface area contributed by atoms with Gasteiger partial charge in [0.15, 0.2) is 5.82 Å². The second kappa shape index (κ2) is 12.2. The van der Waals surface area contributed by atoms with Crippen molar-refractivity contribution in [3.8, 4) is 18.0 Å². The molecule has 1 aliphatic heterocycles. The molecule has 220 valence electrons. The van der Waals surface area contributed by atoms with Crippen molar-refractivity contribution in [1.82, 2.24) is 19.4 Å². The van der Waals surface area contributed by atoms with E-state index in [0.29, 0.717) is 29.3 Å². The third kappa shape index (κ3) is 6.63. The minimum absolute atomic E-state index is 0.00933. The number of carboxylic acids is 1. The second-order valence-electron chi connectivity index (χ2n) is 11.4. The summed E-state index contributed by atoms with van der Waals surface area (Å²) in [4.78, 5) is 23.0. The number of piperidine rings is 1. The topological polar surface area (TPSA) is 128 Å². The highest BCUT2D eigenvalue weighted by atomic mass is 19.1. The van der Waals surface area contributed by atoms with Crippen molar-refractivity contribution in [3.63, 3.8) is 0 Å². The van der Waals surface area contributed by atoms with Gasteiger partial charge in [-0.25, -0.2) is 23.5 Å². The van der Waals surface area contributed by atoms with Crippen LogP contribution in [0.1, 0.15) is 65.6 Å². The Bertz CT molecular complexity index is 1760. The monoisotopic (exact) mass is 584 g/mol. The van der Waals surface area contributed by atoms with Crippen molar-refractivity contribution in [2.45, 2.75) is 52.3 Å². The number of benzene rings is 2. The number of likely N-dealkylation sites (tertiary alicyclic amines) is 1.